The molecule has 1 aromatic carbocycles. The van der Waals surface area contributed by atoms with Gasteiger partial charge < -0.3 is 9.80 Å². The van der Waals surface area contributed by atoms with Gasteiger partial charge in [0.05, 0.1) is 5.69 Å². The van der Waals surface area contributed by atoms with Gasteiger partial charge in [-0.2, -0.15) is 0 Å². The van der Waals surface area contributed by atoms with Crippen LogP contribution in [0.25, 0.3) is 0 Å². The van der Waals surface area contributed by atoms with Crippen LogP contribution in [0, 0.1) is 17.6 Å². The maximum Gasteiger partial charge on any atom is 0.209 e. The molecule has 0 radical (unpaired) electrons. The van der Waals surface area contributed by atoms with Crippen LogP contribution in [-0.4, -0.2) is 37.0 Å². The molecule has 0 bridgehead atoms. The summed E-state index contributed by atoms with van der Waals surface area (Å²) in [4.78, 5) is 15.4. The summed E-state index contributed by atoms with van der Waals surface area (Å²) in [6, 6.07) is 4.77. The molecule has 1 unspecified atom stereocenters. The second-order valence-electron chi connectivity index (χ2n) is 7.45. The fraction of sp³-hybridized carbons (Fsp3) is 0.650. The van der Waals surface area contributed by atoms with Gasteiger partial charge in [-0.15, -0.1) is 0 Å². The Labute approximate surface area is 149 Å². The van der Waals surface area contributed by atoms with Crippen molar-refractivity contribution in [3.63, 3.8) is 0 Å². The highest BCUT2D eigenvalue weighted by atomic mass is 19.2. The summed E-state index contributed by atoms with van der Waals surface area (Å²) in [6.45, 7) is 2.27. The number of carbonyl (C=O) groups excluding carboxylic acids is 1. The number of halogens is 2. The Morgan fingerprint density at radius 2 is 1.92 bits per heavy atom. The second-order valence-corrected chi connectivity index (χ2v) is 7.45. The Hall–Kier alpha value is -1.65. The maximum absolute atomic E-state index is 14.1. The molecule has 2 aliphatic rings. The van der Waals surface area contributed by atoms with Crippen molar-refractivity contribution in [2.45, 2.75) is 57.4 Å². The molecule has 138 valence electrons. The van der Waals surface area contributed by atoms with E-state index in [2.05, 4.69) is 0 Å². The first-order valence-corrected chi connectivity index (χ1v) is 9.59. The fourth-order valence-electron chi connectivity index (χ4n) is 4.32. The van der Waals surface area contributed by atoms with Gasteiger partial charge in [0.1, 0.15) is 0 Å². The zero-order valence-corrected chi connectivity index (χ0v) is 14.8. The summed E-state index contributed by atoms with van der Waals surface area (Å²) >= 11 is 0. The summed E-state index contributed by atoms with van der Waals surface area (Å²) in [6.07, 6.45) is 9.94. The van der Waals surface area contributed by atoms with Crippen molar-refractivity contribution in [1.29, 1.82) is 0 Å². The molecule has 0 N–H and O–H groups in total. The van der Waals surface area contributed by atoms with Gasteiger partial charge in [-0.05, 0) is 50.2 Å². The molecule has 3 nitrogen and oxygen atoms in total. The standard InChI is InChI=1S/C20H28F2N2O/c21-18-9-4-10-19(20(18)22)23-12-5-6-16(14-23)11-13-24(15-25)17-7-2-1-3-8-17/h4,9-10,15-17H,1-3,5-8,11-14H2. The van der Waals surface area contributed by atoms with Crippen molar-refractivity contribution in [2.75, 3.05) is 24.5 Å². The smallest absolute Gasteiger partial charge is 0.209 e. The van der Waals surface area contributed by atoms with E-state index in [9.17, 15) is 13.6 Å². The topological polar surface area (TPSA) is 23.6 Å². The third-order valence-corrected chi connectivity index (χ3v) is 5.77. The number of nitrogens with zero attached hydrogens (tertiary/aromatic N) is 2. The molecule has 1 heterocycles. The van der Waals surface area contributed by atoms with Crippen LogP contribution < -0.4 is 4.90 Å². The van der Waals surface area contributed by atoms with Crippen molar-refractivity contribution in [1.82, 2.24) is 4.90 Å². The Bertz CT molecular complexity index is 575. The molecule has 1 amide bonds. The van der Waals surface area contributed by atoms with E-state index in [0.29, 0.717) is 17.6 Å². The van der Waals surface area contributed by atoms with E-state index in [4.69, 9.17) is 0 Å². The lowest BCUT2D eigenvalue weighted by atomic mass is 9.92. The van der Waals surface area contributed by atoms with Gasteiger partial charge in [-0.25, -0.2) is 8.78 Å². The highest BCUT2D eigenvalue weighted by molar-refractivity contribution is 5.49. The Morgan fingerprint density at radius 1 is 1.12 bits per heavy atom. The SMILES string of the molecule is O=CN(CCC1CCCN(c2cccc(F)c2F)C1)C1CCCCC1. The lowest BCUT2D eigenvalue weighted by molar-refractivity contribution is -0.121. The Kier molecular flexibility index (Phi) is 6.27. The average Bonchev–Trinajstić information content (AvgIpc) is 2.65. The van der Waals surface area contributed by atoms with Crippen molar-refractivity contribution in [2.24, 2.45) is 5.92 Å². The average molecular weight is 350 g/mol. The molecule has 5 heteroatoms. The molecule has 2 fully saturated rings. The van der Waals surface area contributed by atoms with Crippen molar-refractivity contribution >= 4 is 12.1 Å². The normalized spacial score (nSPS) is 22.0. The summed E-state index contributed by atoms with van der Waals surface area (Å²) < 4.78 is 27.5. The van der Waals surface area contributed by atoms with Crippen LogP contribution in [-0.2, 0) is 4.79 Å². The minimum atomic E-state index is -0.788. The number of carbonyl (C=O) groups is 1. The number of anilines is 1. The van der Waals surface area contributed by atoms with E-state index in [0.717, 1.165) is 64.2 Å². The molecule has 1 aliphatic carbocycles. The molecular formula is C20H28F2N2O. The third-order valence-electron chi connectivity index (χ3n) is 5.77. The Morgan fingerprint density at radius 3 is 2.68 bits per heavy atom. The minimum absolute atomic E-state index is 0.365. The lowest BCUT2D eigenvalue weighted by Gasteiger charge is -2.37. The highest BCUT2D eigenvalue weighted by Gasteiger charge is 2.25. The minimum Gasteiger partial charge on any atom is -0.369 e. The number of benzene rings is 1. The largest absolute Gasteiger partial charge is 0.369 e. The molecular weight excluding hydrogens is 322 g/mol. The monoisotopic (exact) mass is 350 g/mol. The lowest BCUT2D eigenvalue weighted by Crippen LogP contribution is -2.40. The predicted octanol–water partition coefficient (Wildman–Crippen LogP) is 4.36. The molecule has 3 rings (SSSR count). The van der Waals surface area contributed by atoms with Crippen LogP contribution in [0.2, 0.25) is 0 Å². The zero-order chi connectivity index (χ0) is 17.6. The van der Waals surface area contributed by atoms with Crippen molar-refractivity contribution < 1.29 is 13.6 Å². The summed E-state index contributed by atoms with van der Waals surface area (Å²) in [7, 11) is 0. The van der Waals surface area contributed by atoms with Crippen molar-refractivity contribution in [3.05, 3.63) is 29.8 Å². The number of amides is 1. The quantitative estimate of drug-likeness (QED) is 0.712. The van der Waals surface area contributed by atoms with E-state index < -0.39 is 11.6 Å². The van der Waals surface area contributed by atoms with E-state index in [1.807, 2.05) is 9.80 Å². The van der Waals surface area contributed by atoms with E-state index in [1.165, 1.54) is 19.3 Å². The molecule has 1 saturated heterocycles. The molecule has 1 atom stereocenters. The van der Waals surface area contributed by atoms with E-state index in [-0.39, 0.29) is 0 Å². The first-order chi connectivity index (χ1) is 12.2. The number of piperidine rings is 1. The van der Waals surface area contributed by atoms with Gasteiger partial charge in [-0.3, -0.25) is 4.79 Å². The molecule has 1 aromatic rings. The zero-order valence-electron chi connectivity index (χ0n) is 14.8. The van der Waals surface area contributed by atoms with Gasteiger partial charge in [0.15, 0.2) is 11.6 Å². The van der Waals surface area contributed by atoms with Crippen LogP contribution in [0.3, 0.4) is 0 Å². The van der Waals surface area contributed by atoms with Gasteiger partial charge in [0.2, 0.25) is 6.41 Å². The van der Waals surface area contributed by atoms with Crippen LogP contribution in [0.5, 0.6) is 0 Å². The van der Waals surface area contributed by atoms with Crippen LogP contribution >= 0.6 is 0 Å². The first-order valence-electron chi connectivity index (χ1n) is 9.59. The van der Waals surface area contributed by atoms with Gasteiger partial charge in [0, 0.05) is 25.7 Å². The van der Waals surface area contributed by atoms with Crippen LogP contribution in [0.15, 0.2) is 18.2 Å². The molecule has 0 aromatic heterocycles. The highest BCUT2D eigenvalue weighted by Crippen LogP contribution is 2.29. The number of rotatable bonds is 6. The fourth-order valence-corrected chi connectivity index (χ4v) is 4.32. The van der Waals surface area contributed by atoms with E-state index in [1.54, 1.807) is 12.1 Å². The molecule has 1 saturated carbocycles. The summed E-state index contributed by atoms with van der Waals surface area (Å²) in [5.74, 6) is -1.12. The molecule has 0 spiro atoms. The van der Waals surface area contributed by atoms with Crippen LogP contribution in [0.1, 0.15) is 51.4 Å². The van der Waals surface area contributed by atoms with Gasteiger partial charge >= 0.3 is 0 Å². The van der Waals surface area contributed by atoms with Gasteiger partial charge in [-0.1, -0.05) is 25.3 Å². The molecule has 25 heavy (non-hydrogen) atoms. The summed E-state index contributed by atoms with van der Waals surface area (Å²) in [5.41, 5.74) is 0.365. The predicted molar refractivity (Wildman–Crippen MR) is 95.6 cm³/mol. The van der Waals surface area contributed by atoms with Crippen LogP contribution in [0.4, 0.5) is 14.5 Å². The summed E-state index contributed by atoms with van der Waals surface area (Å²) in [5, 5.41) is 0. The number of hydrogen-bond acceptors (Lipinski definition) is 2. The van der Waals surface area contributed by atoms with Crippen molar-refractivity contribution in [3.8, 4) is 0 Å². The van der Waals surface area contributed by atoms with E-state index >= 15 is 0 Å². The Balaban J connectivity index is 1.56. The molecule has 1 aliphatic heterocycles. The van der Waals surface area contributed by atoms with Gasteiger partial charge in [0.25, 0.3) is 0 Å². The second kappa shape index (κ2) is 8.63. The number of hydrogen-bond donors (Lipinski definition) is 0. The third kappa shape index (κ3) is 4.50. The maximum atomic E-state index is 14.1. The first kappa shape index (κ1) is 18.2.